The molecule has 3 atom stereocenters. The van der Waals surface area contributed by atoms with Gasteiger partial charge in [-0.3, -0.25) is 4.79 Å². The van der Waals surface area contributed by atoms with Gasteiger partial charge in [0.1, 0.15) is 0 Å². The van der Waals surface area contributed by atoms with Gasteiger partial charge >= 0.3 is 0 Å². The number of fused-ring (bicyclic) bond motifs is 3. The number of rotatable bonds is 1. The predicted octanol–water partition coefficient (Wildman–Crippen LogP) is 3.48. The molecule has 0 N–H and O–H groups in total. The van der Waals surface area contributed by atoms with Crippen molar-refractivity contribution < 1.29 is 4.79 Å². The minimum atomic E-state index is 0.189. The lowest BCUT2D eigenvalue weighted by Gasteiger charge is -2.45. The predicted molar refractivity (Wildman–Crippen MR) is 92.9 cm³/mol. The van der Waals surface area contributed by atoms with Crippen LogP contribution in [0.5, 0.6) is 0 Å². The number of nitrogens with zero attached hydrogens (tertiary/aromatic N) is 2. The standard InChI is InChI=1S/C20H26N2O/c1-21-13-5-4-8-18(21)16-9-11-19-17-7-3-2-6-15(17)10-12-20(23)22(19)14-16/h2-3,6-7,10,12,16,18-19H,4-5,8-9,11,13-14H2,1H3/t16-,18?,19?/m0/s1. The molecular formula is C20H26N2O. The zero-order chi connectivity index (χ0) is 15.8. The highest BCUT2D eigenvalue weighted by Crippen LogP contribution is 2.40. The van der Waals surface area contributed by atoms with Crippen molar-refractivity contribution in [3.8, 4) is 0 Å². The number of benzene rings is 1. The molecule has 4 rings (SSSR count). The van der Waals surface area contributed by atoms with Crippen LogP contribution in [-0.4, -0.2) is 41.9 Å². The van der Waals surface area contributed by atoms with E-state index in [1.165, 1.54) is 43.4 Å². The van der Waals surface area contributed by atoms with Gasteiger partial charge in [0.05, 0.1) is 6.04 Å². The Kier molecular flexibility index (Phi) is 3.98. The first kappa shape index (κ1) is 14.9. The molecule has 122 valence electrons. The van der Waals surface area contributed by atoms with E-state index in [4.69, 9.17) is 0 Å². The Hall–Kier alpha value is -1.61. The van der Waals surface area contributed by atoms with Crippen molar-refractivity contribution in [2.75, 3.05) is 20.1 Å². The van der Waals surface area contributed by atoms with E-state index in [1.807, 2.05) is 6.08 Å². The zero-order valence-electron chi connectivity index (χ0n) is 13.9. The van der Waals surface area contributed by atoms with Gasteiger partial charge in [-0.15, -0.1) is 0 Å². The molecule has 0 spiro atoms. The van der Waals surface area contributed by atoms with E-state index < -0.39 is 0 Å². The Balaban J connectivity index is 1.59. The fourth-order valence-corrected chi connectivity index (χ4v) is 4.80. The Morgan fingerprint density at radius 3 is 2.78 bits per heavy atom. The maximum absolute atomic E-state index is 12.7. The van der Waals surface area contributed by atoms with Crippen molar-refractivity contribution >= 4 is 12.0 Å². The highest BCUT2D eigenvalue weighted by Gasteiger charge is 2.38. The van der Waals surface area contributed by atoms with Gasteiger partial charge in [-0.2, -0.15) is 0 Å². The second-order valence-electron chi connectivity index (χ2n) is 7.35. The molecule has 2 saturated heterocycles. The van der Waals surface area contributed by atoms with Gasteiger partial charge in [-0.05, 0) is 62.4 Å². The quantitative estimate of drug-likeness (QED) is 0.793. The number of hydrogen-bond acceptors (Lipinski definition) is 2. The minimum absolute atomic E-state index is 0.189. The lowest BCUT2D eigenvalue weighted by molar-refractivity contribution is -0.131. The Labute approximate surface area is 139 Å². The van der Waals surface area contributed by atoms with Crippen molar-refractivity contribution in [3.05, 3.63) is 41.5 Å². The zero-order valence-corrected chi connectivity index (χ0v) is 13.9. The fourth-order valence-electron chi connectivity index (χ4n) is 4.80. The van der Waals surface area contributed by atoms with E-state index in [-0.39, 0.29) is 11.9 Å². The summed E-state index contributed by atoms with van der Waals surface area (Å²) in [4.78, 5) is 17.3. The average Bonchev–Trinajstić information content (AvgIpc) is 2.73. The van der Waals surface area contributed by atoms with Crippen LogP contribution in [0.15, 0.2) is 30.3 Å². The number of likely N-dealkylation sites (tertiary alicyclic amines) is 1. The highest BCUT2D eigenvalue weighted by atomic mass is 16.2. The lowest BCUT2D eigenvalue weighted by atomic mass is 9.81. The van der Waals surface area contributed by atoms with Gasteiger partial charge in [0.25, 0.3) is 0 Å². The molecule has 3 aliphatic heterocycles. The molecule has 23 heavy (non-hydrogen) atoms. The third-order valence-corrected chi connectivity index (χ3v) is 6.03. The van der Waals surface area contributed by atoms with Gasteiger partial charge in [0.15, 0.2) is 0 Å². The van der Waals surface area contributed by atoms with E-state index in [9.17, 15) is 4.79 Å². The molecule has 3 nitrogen and oxygen atoms in total. The van der Waals surface area contributed by atoms with Gasteiger partial charge in [0.2, 0.25) is 5.91 Å². The van der Waals surface area contributed by atoms with Crippen LogP contribution in [0.3, 0.4) is 0 Å². The summed E-state index contributed by atoms with van der Waals surface area (Å²) in [5, 5.41) is 0. The summed E-state index contributed by atoms with van der Waals surface area (Å²) in [7, 11) is 2.26. The Bertz CT molecular complexity index is 624. The molecule has 1 aromatic carbocycles. The maximum Gasteiger partial charge on any atom is 0.247 e. The summed E-state index contributed by atoms with van der Waals surface area (Å²) in [5.41, 5.74) is 2.53. The van der Waals surface area contributed by atoms with Crippen LogP contribution >= 0.6 is 0 Å². The van der Waals surface area contributed by atoms with E-state index >= 15 is 0 Å². The molecule has 1 aromatic rings. The monoisotopic (exact) mass is 310 g/mol. The van der Waals surface area contributed by atoms with Crippen LogP contribution in [0.2, 0.25) is 0 Å². The molecule has 0 radical (unpaired) electrons. The molecule has 0 aromatic heterocycles. The number of piperidine rings is 2. The van der Waals surface area contributed by atoms with Crippen LogP contribution in [0.1, 0.15) is 49.3 Å². The molecule has 0 saturated carbocycles. The van der Waals surface area contributed by atoms with Gasteiger partial charge < -0.3 is 9.80 Å². The van der Waals surface area contributed by atoms with Crippen LogP contribution in [-0.2, 0) is 4.79 Å². The first-order valence-corrected chi connectivity index (χ1v) is 9.02. The third kappa shape index (κ3) is 2.72. The summed E-state index contributed by atoms with van der Waals surface area (Å²) >= 11 is 0. The normalized spacial score (nSPS) is 31.4. The molecule has 3 aliphatic rings. The SMILES string of the molecule is CN1CCCCC1[C@H]1CCC2c3ccccc3C=CC(=O)N2C1. The highest BCUT2D eigenvalue weighted by molar-refractivity contribution is 5.93. The van der Waals surface area contributed by atoms with E-state index in [2.05, 4.69) is 41.1 Å². The fraction of sp³-hybridized carbons (Fsp3) is 0.550. The summed E-state index contributed by atoms with van der Waals surface area (Å²) in [6.45, 7) is 2.12. The van der Waals surface area contributed by atoms with Gasteiger partial charge in [0, 0.05) is 18.7 Å². The topological polar surface area (TPSA) is 23.6 Å². The van der Waals surface area contributed by atoms with Crippen molar-refractivity contribution in [1.82, 2.24) is 9.80 Å². The average molecular weight is 310 g/mol. The van der Waals surface area contributed by atoms with Gasteiger partial charge in [-0.1, -0.05) is 30.7 Å². The second-order valence-corrected chi connectivity index (χ2v) is 7.35. The van der Waals surface area contributed by atoms with Crippen molar-refractivity contribution in [3.63, 3.8) is 0 Å². The Morgan fingerprint density at radius 2 is 1.91 bits per heavy atom. The van der Waals surface area contributed by atoms with Crippen LogP contribution in [0.25, 0.3) is 6.08 Å². The van der Waals surface area contributed by atoms with Crippen LogP contribution in [0.4, 0.5) is 0 Å². The number of carbonyl (C=O) groups excluding carboxylic acids is 1. The molecule has 1 amide bonds. The molecular weight excluding hydrogens is 284 g/mol. The van der Waals surface area contributed by atoms with E-state index in [1.54, 1.807) is 6.08 Å². The minimum Gasteiger partial charge on any atom is -0.332 e. The van der Waals surface area contributed by atoms with E-state index in [0.717, 1.165) is 13.0 Å². The molecule has 0 aliphatic carbocycles. The van der Waals surface area contributed by atoms with Crippen molar-refractivity contribution in [2.45, 2.75) is 44.2 Å². The largest absolute Gasteiger partial charge is 0.332 e. The van der Waals surface area contributed by atoms with E-state index in [0.29, 0.717) is 12.0 Å². The van der Waals surface area contributed by atoms with Crippen molar-refractivity contribution in [1.29, 1.82) is 0 Å². The molecule has 3 heterocycles. The van der Waals surface area contributed by atoms with Crippen LogP contribution in [0, 0.1) is 5.92 Å². The summed E-state index contributed by atoms with van der Waals surface area (Å²) in [6, 6.07) is 9.40. The Morgan fingerprint density at radius 1 is 1.04 bits per heavy atom. The maximum atomic E-state index is 12.7. The number of carbonyl (C=O) groups is 1. The summed E-state index contributed by atoms with van der Waals surface area (Å²) < 4.78 is 0. The number of amides is 1. The molecule has 0 bridgehead atoms. The summed E-state index contributed by atoms with van der Waals surface area (Å²) in [6.07, 6.45) is 10.0. The summed E-state index contributed by atoms with van der Waals surface area (Å²) in [5.74, 6) is 0.813. The van der Waals surface area contributed by atoms with Crippen molar-refractivity contribution in [2.24, 2.45) is 5.92 Å². The lowest BCUT2D eigenvalue weighted by Crippen LogP contribution is -2.50. The smallest absolute Gasteiger partial charge is 0.247 e. The molecule has 2 unspecified atom stereocenters. The molecule has 3 heteroatoms. The molecule has 2 fully saturated rings. The second kappa shape index (κ2) is 6.12. The van der Waals surface area contributed by atoms with Gasteiger partial charge in [-0.25, -0.2) is 0 Å². The first-order valence-electron chi connectivity index (χ1n) is 9.02. The number of hydrogen-bond donors (Lipinski definition) is 0. The third-order valence-electron chi connectivity index (χ3n) is 6.03. The first-order chi connectivity index (χ1) is 11.2. The van der Waals surface area contributed by atoms with Crippen LogP contribution < -0.4 is 0 Å².